The molecule has 1 saturated carbocycles. The van der Waals surface area contributed by atoms with Gasteiger partial charge in [0.15, 0.2) is 0 Å². The molecule has 3 heteroatoms. The summed E-state index contributed by atoms with van der Waals surface area (Å²) in [7, 11) is 0. The fourth-order valence-corrected chi connectivity index (χ4v) is 3.55. The van der Waals surface area contributed by atoms with Crippen molar-refractivity contribution in [3.8, 4) is 0 Å². The topological polar surface area (TPSA) is 12.0 Å². The van der Waals surface area contributed by atoms with E-state index >= 15 is 0 Å². The van der Waals surface area contributed by atoms with Crippen LogP contribution in [0.25, 0.3) is 0 Å². The normalized spacial score (nSPS) is 19.5. The summed E-state index contributed by atoms with van der Waals surface area (Å²) in [6.07, 6.45) is 6.74. The Bertz CT molecular complexity index is 478. The van der Waals surface area contributed by atoms with Gasteiger partial charge in [0.1, 0.15) is 11.6 Å². The highest BCUT2D eigenvalue weighted by Crippen LogP contribution is 2.46. The molecule has 1 fully saturated rings. The van der Waals surface area contributed by atoms with Crippen LogP contribution < -0.4 is 5.32 Å². The number of benzene rings is 1. The summed E-state index contributed by atoms with van der Waals surface area (Å²) < 4.78 is 28.4. The molecule has 1 aliphatic carbocycles. The lowest BCUT2D eigenvalue weighted by molar-refractivity contribution is 0.142. The third-order valence-corrected chi connectivity index (χ3v) is 4.88. The molecular weight excluding hydrogens is 268 g/mol. The fraction of sp³-hybridized carbons (Fsp3) is 0.667. The Kier molecular flexibility index (Phi) is 5.37. The van der Waals surface area contributed by atoms with Gasteiger partial charge in [0.25, 0.3) is 0 Å². The van der Waals surface area contributed by atoms with Crippen molar-refractivity contribution >= 4 is 0 Å². The molecule has 21 heavy (non-hydrogen) atoms. The molecular formula is C18H27F2N. The minimum atomic E-state index is -0.311. The maximum Gasteiger partial charge on any atom is 0.128 e. The van der Waals surface area contributed by atoms with Crippen molar-refractivity contribution in [1.82, 2.24) is 5.32 Å². The van der Waals surface area contributed by atoms with E-state index < -0.39 is 0 Å². The summed E-state index contributed by atoms with van der Waals surface area (Å²) in [4.78, 5) is 0. The molecule has 1 N–H and O–H groups in total. The highest BCUT2D eigenvalue weighted by atomic mass is 19.1. The number of nitrogens with one attached hydrogen (secondary N) is 1. The monoisotopic (exact) mass is 295 g/mol. The van der Waals surface area contributed by atoms with Crippen molar-refractivity contribution in [1.29, 1.82) is 0 Å². The second-order valence-electron chi connectivity index (χ2n) is 6.72. The maximum atomic E-state index is 14.4. The zero-order valence-corrected chi connectivity index (χ0v) is 13.4. The lowest BCUT2D eigenvalue weighted by Gasteiger charge is -2.42. The van der Waals surface area contributed by atoms with Gasteiger partial charge in [0, 0.05) is 11.6 Å². The van der Waals surface area contributed by atoms with Gasteiger partial charge in [-0.15, -0.1) is 0 Å². The summed E-state index contributed by atoms with van der Waals surface area (Å²) in [5, 5.41) is 3.48. The molecule has 0 saturated heterocycles. The minimum absolute atomic E-state index is 0.00988. The third kappa shape index (κ3) is 3.63. The van der Waals surface area contributed by atoms with E-state index in [-0.39, 0.29) is 23.1 Å². The van der Waals surface area contributed by atoms with Crippen molar-refractivity contribution in [2.45, 2.75) is 65.3 Å². The van der Waals surface area contributed by atoms with Crippen LogP contribution >= 0.6 is 0 Å². The summed E-state index contributed by atoms with van der Waals surface area (Å²) in [6, 6.07) is 2.63. The van der Waals surface area contributed by atoms with Crippen LogP contribution in [0.2, 0.25) is 0 Å². The van der Waals surface area contributed by atoms with Gasteiger partial charge in [0.2, 0.25) is 0 Å². The largest absolute Gasteiger partial charge is 0.309 e. The van der Waals surface area contributed by atoms with Crippen LogP contribution in [0.15, 0.2) is 12.1 Å². The van der Waals surface area contributed by atoms with E-state index in [4.69, 9.17) is 0 Å². The average molecular weight is 295 g/mol. The molecule has 1 aliphatic rings. The van der Waals surface area contributed by atoms with Gasteiger partial charge >= 0.3 is 0 Å². The van der Waals surface area contributed by atoms with Crippen LogP contribution in [0, 0.1) is 24.0 Å². The van der Waals surface area contributed by atoms with Crippen molar-refractivity contribution in [3.05, 3.63) is 34.9 Å². The summed E-state index contributed by atoms with van der Waals surface area (Å²) >= 11 is 0. The number of aryl methyl sites for hydroxylation is 1. The van der Waals surface area contributed by atoms with Crippen LogP contribution in [0.3, 0.4) is 0 Å². The van der Waals surface area contributed by atoms with Gasteiger partial charge in [-0.1, -0.05) is 33.1 Å². The molecule has 2 rings (SSSR count). The first-order chi connectivity index (χ1) is 9.98. The first-order valence-electron chi connectivity index (χ1n) is 8.17. The number of hydrogen-bond donors (Lipinski definition) is 1. The molecule has 0 radical (unpaired) electrons. The number of halogens is 2. The van der Waals surface area contributed by atoms with Gasteiger partial charge in [0.05, 0.1) is 0 Å². The Balaban J connectivity index is 2.37. The number of rotatable bonds is 5. The van der Waals surface area contributed by atoms with Crippen LogP contribution in [0.5, 0.6) is 0 Å². The van der Waals surface area contributed by atoms with E-state index in [0.717, 1.165) is 25.8 Å². The smallest absolute Gasteiger partial charge is 0.128 e. The highest BCUT2D eigenvalue weighted by Gasteiger charge is 2.37. The Morgan fingerprint density at radius 3 is 2.43 bits per heavy atom. The molecule has 0 aromatic heterocycles. The standard InChI is InChI=1S/C18H27F2N/c1-4-10-21-17(18(3)8-6-5-7-9-18)14-12-15(19)13(2)11-16(14)20/h11-12,17,21H,4-10H2,1-3H3. The van der Waals surface area contributed by atoms with E-state index in [2.05, 4.69) is 19.2 Å². The number of hydrogen-bond acceptors (Lipinski definition) is 1. The van der Waals surface area contributed by atoms with Crippen LogP contribution in [-0.4, -0.2) is 6.54 Å². The second-order valence-corrected chi connectivity index (χ2v) is 6.72. The highest BCUT2D eigenvalue weighted by molar-refractivity contribution is 5.29. The molecule has 1 aromatic rings. The third-order valence-electron chi connectivity index (χ3n) is 4.88. The molecule has 0 aliphatic heterocycles. The van der Waals surface area contributed by atoms with E-state index in [1.165, 1.54) is 31.4 Å². The summed E-state index contributed by atoms with van der Waals surface area (Å²) in [6.45, 7) is 6.75. The van der Waals surface area contributed by atoms with Crippen molar-refractivity contribution in [3.63, 3.8) is 0 Å². The van der Waals surface area contributed by atoms with Crippen LogP contribution in [-0.2, 0) is 0 Å². The quantitative estimate of drug-likeness (QED) is 0.779. The lowest BCUT2D eigenvalue weighted by Crippen LogP contribution is -2.38. The zero-order chi connectivity index (χ0) is 15.5. The van der Waals surface area contributed by atoms with Gasteiger partial charge in [-0.2, -0.15) is 0 Å². The summed E-state index contributed by atoms with van der Waals surface area (Å²) in [5.41, 5.74) is 0.880. The molecule has 0 amide bonds. The Hall–Kier alpha value is -0.960. The molecule has 118 valence electrons. The zero-order valence-electron chi connectivity index (χ0n) is 13.4. The lowest BCUT2D eigenvalue weighted by atomic mass is 9.68. The molecule has 1 nitrogen and oxygen atoms in total. The van der Waals surface area contributed by atoms with Crippen molar-refractivity contribution in [2.24, 2.45) is 5.41 Å². The van der Waals surface area contributed by atoms with E-state index in [1.807, 2.05) is 0 Å². The molecule has 1 atom stereocenters. The Labute approximate surface area is 127 Å². The van der Waals surface area contributed by atoms with E-state index in [1.54, 1.807) is 6.92 Å². The molecule has 0 spiro atoms. The Morgan fingerprint density at radius 2 is 1.81 bits per heavy atom. The first kappa shape index (κ1) is 16.4. The molecule has 1 unspecified atom stereocenters. The van der Waals surface area contributed by atoms with Gasteiger partial charge in [-0.3, -0.25) is 0 Å². The van der Waals surface area contributed by atoms with Gasteiger partial charge < -0.3 is 5.32 Å². The second kappa shape index (κ2) is 6.87. The first-order valence-corrected chi connectivity index (χ1v) is 8.17. The maximum absolute atomic E-state index is 14.4. The van der Waals surface area contributed by atoms with Gasteiger partial charge in [-0.25, -0.2) is 8.78 Å². The minimum Gasteiger partial charge on any atom is -0.309 e. The molecule has 1 aromatic carbocycles. The van der Waals surface area contributed by atoms with E-state index in [9.17, 15) is 8.78 Å². The molecule has 0 bridgehead atoms. The average Bonchev–Trinajstić information content (AvgIpc) is 2.45. The van der Waals surface area contributed by atoms with E-state index in [0.29, 0.717) is 11.1 Å². The fourth-order valence-electron chi connectivity index (χ4n) is 3.55. The molecule has 0 heterocycles. The van der Waals surface area contributed by atoms with Crippen molar-refractivity contribution in [2.75, 3.05) is 6.54 Å². The SMILES string of the molecule is CCCNC(c1cc(F)c(C)cc1F)C1(C)CCCCC1. The predicted octanol–water partition coefficient (Wildman–Crippen LogP) is 5.28. The van der Waals surface area contributed by atoms with Crippen LogP contribution in [0.1, 0.15) is 69.5 Å². The predicted molar refractivity (Wildman–Crippen MR) is 83.3 cm³/mol. The van der Waals surface area contributed by atoms with Gasteiger partial charge in [-0.05, 0) is 55.8 Å². The van der Waals surface area contributed by atoms with Crippen molar-refractivity contribution < 1.29 is 8.78 Å². The van der Waals surface area contributed by atoms with Crippen LogP contribution in [0.4, 0.5) is 8.78 Å². The Morgan fingerprint density at radius 1 is 1.14 bits per heavy atom. The summed E-state index contributed by atoms with van der Waals surface area (Å²) in [5.74, 6) is -0.594.